The average Bonchev–Trinajstić information content (AvgIpc) is 3.54. The van der Waals surface area contributed by atoms with Gasteiger partial charge in [0.25, 0.3) is 0 Å². The molecule has 3 aromatic heterocycles. The fourth-order valence-electron chi connectivity index (χ4n) is 3.89. The van der Waals surface area contributed by atoms with E-state index in [1.165, 1.54) is 41.7 Å². The maximum absolute atomic E-state index is 15.3. The highest BCUT2D eigenvalue weighted by Gasteiger charge is 2.24. The first kappa shape index (κ1) is 25.0. The van der Waals surface area contributed by atoms with Crippen molar-refractivity contribution in [3.63, 3.8) is 0 Å². The normalized spacial score (nSPS) is 11.0. The predicted molar refractivity (Wildman–Crippen MR) is 140 cm³/mol. The first-order valence-corrected chi connectivity index (χ1v) is 12.4. The zero-order valence-corrected chi connectivity index (χ0v) is 20.9. The van der Waals surface area contributed by atoms with Crippen LogP contribution in [0.4, 0.5) is 20.2 Å². The number of hydrogen-bond acceptors (Lipinski definition) is 6. The number of aromatic nitrogens is 3. The van der Waals surface area contributed by atoms with Gasteiger partial charge in [-0.15, -0.1) is 11.3 Å². The number of pyridine rings is 1. The van der Waals surface area contributed by atoms with Crippen molar-refractivity contribution in [1.82, 2.24) is 14.5 Å². The fraction of sp³-hybridized carbons (Fsp3) is 0.111. The molecule has 0 radical (unpaired) electrons. The van der Waals surface area contributed by atoms with Crippen LogP contribution in [0.15, 0.2) is 73.3 Å². The maximum atomic E-state index is 15.3. The first-order valence-electron chi connectivity index (χ1n) is 11.6. The van der Waals surface area contributed by atoms with Gasteiger partial charge in [0, 0.05) is 31.1 Å². The molecule has 0 saturated heterocycles. The molecule has 0 fully saturated rings. The van der Waals surface area contributed by atoms with E-state index in [-0.39, 0.29) is 17.1 Å². The number of nitrogens with two attached hydrogens (primary N) is 1. The van der Waals surface area contributed by atoms with Gasteiger partial charge >= 0.3 is 0 Å². The zero-order valence-electron chi connectivity index (χ0n) is 20.1. The Morgan fingerprint density at radius 3 is 2.58 bits per heavy atom. The number of primary amides is 1. The van der Waals surface area contributed by atoms with Crippen LogP contribution in [0.3, 0.4) is 0 Å². The molecule has 5 aromatic rings. The number of ether oxygens (including phenoxy) is 1. The zero-order chi connectivity index (χ0) is 26.8. The Morgan fingerprint density at radius 2 is 1.87 bits per heavy atom. The molecule has 192 valence electrons. The van der Waals surface area contributed by atoms with Crippen LogP contribution in [0, 0.1) is 11.6 Å². The van der Waals surface area contributed by atoms with Gasteiger partial charge < -0.3 is 15.0 Å². The van der Waals surface area contributed by atoms with Crippen LogP contribution in [-0.4, -0.2) is 26.3 Å². The summed E-state index contributed by atoms with van der Waals surface area (Å²) in [5, 5.41) is 0. The van der Waals surface area contributed by atoms with Gasteiger partial charge in [0.1, 0.15) is 18.0 Å². The lowest BCUT2D eigenvalue weighted by atomic mass is 10.2. The minimum absolute atomic E-state index is 0.0102. The van der Waals surface area contributed by atoms with E-state index in [2.05, 4.69) is 9.97 Å². The number of rotatable bonds is 8. The Bertz CT molecular complexity index is 1670. The second-order valence-electron chi connectivity index (χ2n) is 8.26. The fourth-order valence-corrected chi connectivity index (χ4v) is 4.92. The van der Waals surface area contributed by atoms with Gasteiger partial charge in [-0.1, -0.05) is 12.1 Å². The van der Waals surface area contributed by atoms with Crippen LogP contribution in [0.25, 0.3) is 20.8 Å². The molecule has 0 bridgehead atoms. The molecule has 2 N–H and O–H groups in total. The number of amides is 2. The molecule has 5 rings (SSSR count). The number of fused-ring (bicyclic) bond motifs is 1. The molecule has 38 heavy (non-hydrogen) atoms. The SMILES string of the molecule is CCn1cnc(-c2cc3nccc(Oc4ccc(N(C(=O)CC(N)=O)c5ccccc5F)cc4F)c3s2)c1. The van der Waals surface area contributed by atoms with Crippen LogP contribution < -0.4 is 15.4 Å². The van der Waals surface area contributed by atoms with Gasteiger partial charge in [0.05, 0.1) is 38.5 Å². The number of carbonyl (C=O) groups is 2. The second kappa shape index (κ2) is 10.4. The molecule has 0 aliphatic heterocycles. The lowest BCUT2D eigenvalue weighted by molar-refractivity contribution is -0.125. The Labute approximate surface area is 219 Å². The molecule has 0 saturated carbocycles. The molecule has 11 heteroatoms. The van der Waals surface area contributed by atoms with E-state index < -0.39 is 29.9 Å². The van der Waals surface area contributed by atoms with Gasteiger partial charge in [-0.3, -0.25) is 19.5 Å². The van der Waals surface area contributed by atoms with E-state index >= 15 is 4.39 Å². The molecular formula is C27H21F2N5O3S. The van der Waals surface area contributed by atoms with E-state index in [4.69, 9.17) is 10.5 Å². The smallest absolute Gasteiger partial charge is 0.241 e. The minimum atomic E-state index is -0.893. The summed E-state index contributed by atoms with van der Waals surface area (Å²) in [4.78, 5) is 34.8. The number of thiophene rings is 1. The number of anilines is 2. The summed E-state index contributed by atoms with van der Waals surface area (Å²) >= 11 is 1.42. The largest absolute Gasteiger partial charge is 0.453 e. The number of carbonyl (C=O) groups excluding carboxylic acids is 2. The van der Waals surface area contributed by atoms with Crippen LogP contribution in [0.2, 0.25) is 0 Å². The number of benzene rings is 2. The number of para-hydroxylation sites is 1. The quantitative estimate of drug-likeness (QED) is 0.254. The van der Waals surface area contributed by atoms with Gasteiger partial charge in [0.15, 0.2) is 11.6 Å². The Hall–Kier alpha value is -4.64. The monoisotopic (exact) mass is 533 g/mol. The lowest BCUT2D eigenvalue weighted by Gasteiger charge is -2.23. The van der Waals surface area contributed by atoms with E-state index in [1.807, 2.05) is 23.8 Å². The third-order valence-electron chi connectivity index (χ3n) is 5.69. The van der Waals surface area contributed by atoms with Crippen LogP contribution in [-0.2, 0) is 16.1 Å². The number of imidazole rings is 1. The highest BCUT2D eigenvalue weighted by atomic mass is 32.1. The first-order chi connectivity index (χ1) is 18.3. The molecule has 2 amide bonds. The highest BCUT2D eigenvalue weighted by molar-refractivity contribution is 7.22. The van der Waals surface area contributed by atoms with Crippen molar-refractivity contribution in [2.45, 2.75) is 19.9 Å². The summed E-state index contributed by atoms with van der Waals surface area (Å²) < 4.78 is 38.4. The minimum Gasteiger partial charge on any atom is -0.453 e. The van der Waals surface area contributed by atoms with Gasteiger partial charge in [-0.25, -0.2) is 13.8 Å². The Morgan fingerprint density at radius 1 is 1.05 bits per heavy atom. The summed E-state index contributed by atoms with van der Waals surface area (Å²) in [6, 6.07) is 12.8. The van der Waals surface area contributed by atoms with Gasteiger partial charge in [-0.05, 0) is 37.3 Å². The maximum Gasteiger partial charge on any atom is 0.241 e. The van der Waals surface area contributed by atoms with Crippen molar-refractivity contribution in [2.24, 2.45) is 5.73 Å². The number of hydrogen-bond donors (Lipinski definition) is 1. The molecule has 0 unspecified atom stereocenters. The molecule has 8 nitrogen and oxygen atoms in total. The van der Waals surface area contributed by atoms with Crippen molar-refractivity contribution in [2.75, 3.05) is 4.90 Å². The molecule has 0 atom stereocenters. The summed E-state index contributed by atoms with van der Waals surface area (Å²) in [6.45, 7) is 2.81. The molecular weight excluding hydrogens is 512 g/mol. The van der Waals surface area contributed by atoms with Crippen molar-refractivity contribution in [1.29, 1.82) is 0 Å². The number of halogens is 2. The van der Waals surface area contributed by atoms with E-state index in [0.717, 1.165) is 34.1 Å². The van der Waals surface area contributed by atoms with Crippen molar-refractivity contribution in [3.8, 4) is 22.1 Å². The molecule has 0 spiro atoms. The van der Waals surface area contributed by atoms with Crippen LogP contribution in [0.5, 0.6) is 11.5 Å². The molecule has 2 aromatic carbocycles. The van der Waals surface area contributed by atoms with E-state index in [1.54, 1.807) is 18.6 Å². The van der Waals surface area contributed by atoms with Crippen LogP contribution >= 0.6 is 11.3 Å². The van der Waals surface area contributed by atoms with E-state index in [0.29, 0.717) is 16.0 Å². The standard InChI is InChI=1S/C27H21F2N5O3S/c1-2-33-14-20(32-15-33)24-12-19-27(38-24)23(9-10-31-19)37-22-8-7-16(11-18(22)29)34(26(36)13-25(30)35)21-6-4-3-5-17(21)28/h3-12,14-15H,2,13H2,1H3,(H2,30,35). The molecule has 0 aliphatic carbocycles. The summed E-state index contributed by atoms with van der Waals surface area (Å²) in [7, 11) is 0. The van der Waals surface area contributed by atoms with Gasteiger partial charge in [0.2, 0.25) is 11.8 Å². The number of nitrogens with zero attached hydrogens (tertiary/aromatic N) is 4. The third-order valence-corrected chi connectivity index (χ3v) is 6.85. The van der Waals surface area contributed by atoms with E-state index in [9.17, 15) is 14.0 Å². The topological polar surface area (TPSA) is 103 Å². The summed E-state index contributed by atoms with van der Waals surface area (Å²) in [5.41, 5.74) is 6.52. The molecule has 0 aliphatic rings. The second-order valence-corrected chi connectivity index (χ2v) is 9.32. The average molecular weight is 534 g/mol. The summed E-state index contributed by atoms with van der Waals surface area (Å²) in [5.74, 6) is -2.93. The Kier molecular flexibility index (Phi) is 6.84. The third kappa shape index (κ3) is 4.96. The highest BCUT2D eigenvalue weighted by Crippen LogP contribution is 2.40. The van der Waals surface area contributed by atoms with Crippen LogP contribution in [0.1, 0.15) is 13.3 Å². The predicted octanol–water partition coefficient (Wildman–Crippen LogP) is 5.79. The van der Waals surface area contributed by atoms with Crippen molar-refractivity contribution in [3.05, 3.63) is 85.0 Å². The van der Waals surface area contributed by atoms with Gasteiger partial charge in [-0.2, -0.15) is 0 Å². The molecule has 3 heterocycles. The van der Waals surface area contributed by atoms with Crippen molar-refractivity contribution >= 4 is 44.7 Å². The lowest BCUT2D eigenvalue weighted by Crippen LogP contribution is -2.31. The number of aryl methyl sites for hydroxylation is 1. The summed E-state index contributed by atoms with van der Waals surface area (Å²) in [6.07, 6.45) is 4.57. The van der Waals surface area contributed by atoms with Crippen molar-refractivity contribution < 1.29 is 23.1 Å². The Balaban J connectivity index is 1.48.